The smallest absolute Gasteiger partial charge is 0.357 e. The minimum absolute atomic E-state index is 0.0218. The van der Waals surface area contributed by atoms with Crippen LogP contribution in [0.5, 0.6) is 0 Å². The van der Waals surface area contributed by atoms with E-state index in [1.54, 1.807) is 5.38 Å². The van der Waals surface area contributed by atoms with Crippen molar-refractivity contribution in [2.24, 2.45) is 0 Å². The third-order valence-electron chi connectivity index (χ3n) is 4.05. The van der Waals surface area contributed by atoms with Gasteiger partial charge < -0.3 is 10.1 Å². The Kier molecular flexibility index (Phi) is 5.98. The molecular weight excluding hydrogens is 360 g/mol. The van der Waals surface area contributed by atoms with Gasteiger partial charge in [-0.1, -0.05) is 48.0 Å². The third-order valence-corrected chi connectivity index (χ3v) is 4.94. The minimum atomic E-state index is -0.447. The Morgan fingerprint density at radius 3 is 2.63 bits per heavy atom. The van der Waals surface area contributed by atoms with Crippen molar-refractivity contribution in [1.82, 2.24) is 10.3 Å². The van der Waals surface area contributed by atoms with Crippen LogP contribution in [-0.2, 0) is 22.5 Å². The molecule has 0 fully saturated rings. The van der Waals surface area contributed by atoms with E-state index in [1.165, 1.54) is 24.0 Å². The van der Waals surface area contributed by atoms with Gasteiger partial charge in [-0.2, -0.15) is 0 Å². The Bertz CT molecular complexity index is 948. The average Bonchev–Trinajstić information content (AvgIpc) is 3.18. The van der Waals surface area contributed by atoms with Crippen LogP contribution in [0.2, 0.25) is 0 Å². The average molecular weight is 380 g/mol. The maximum absolute atomic E-state index is 12.2. The molecule has 138 valence electrons. The van der Waals surface area contributed by atoms with Gasteiger partial charge >= 0.3 is 5.97 Å². The van der Waals surface area contributed by atoms with Crippen LogP contribution < -0.4 is 5.32 Å². The maximum Gasteiger partial charge on any atom is 0.357 e. The lowest BCUT2D eigenvalue weighted by atomic mass is 10.1. The van der Waals surface area contributed by atoms with E-state index in [1.807, 2.05) is 55.5 Å². The van der Waals surface area contributed by atoms with Gasteiger partial charge in [0.15, 0.2) is 5.69 Å². The van der Waals surface area contributed by atoms with Gasteiger partial charge in [0, 0.05) is 17.5 Å². The first-order valence-corrected chi connectivity index (χ1v) is 9.38. The van der Waals surface area contributed by atoms with Crippen molar-refractivity contribution in [2.45, 2.75) is 19.9 Å². The van der Waals surface area contributed by atoms with Crippen LogP contribution in [0.3, 0.4) is 0 Å². The van der Waals surface area contributed by atoms with E-state index in [9.17, 15) is 9.59 Å². The van der Waals surface area contributed by atoms with Crippen molar-refractivity contribution >= 4 is 23.2 Å². The monoisotopic (exact) mass is 380 g/mol. The highest BCUT2D eigenvalue weighted by Gasteiger charge is 2.12. The fourth-order valence-electron chi connectivity index (χ4n) is 2.57. The molecule has 0 radical (unpaired) electrons. The predicted octanol–water partition coefficient (Wildman–Crippen LogP) is 3.76. The van der Waals surface area contributed by atoms with Crippen molar-refractivity contribution in [1.29, 1.82) is 0 Å². The number of amides is 1. The summed E-state index contributed by atoms with van der Waals surface area (Å²) in [6, 6.07) is 15.7. The highest BCUT2D eigenvalue weighted by Crippen LogP contribution is 2.24. The zero-order valence-electron chi connectivity index (χ0n) is 15.2. The molecule has 0 atom stereocenters. The molecule has 6 heteroatoms. The second-order valence-electron chi connectivity index (χ2n) is 6.17. The van der Waals surface area contributed by atoms with Crippen LogP contribution in [0.15, 0.2) is 53.9 Å². The molecule has 0 saturated carbocycles. The standard InChI is InChI=1S/C21H20N2O3S/c1-14-6-8-15(9-7-14)11-19(24)22-12-16-4-3-5-17(10-16)20-23-18(13-27-20)21(25)26-2/h3-10,13H,11-12H2,1-2H3,(H,22,24). The highest BCUT2D eigenvalue weighted by atomic mass is 32.1. The third kappa shape index (κ3) is 5.01. The molecule has 0 bridgehead atoms. The number of thiazole rings is 1. The fourth-order valence-corrected chi connectivity index (χ4v) is 3.36. The number of nitrogens with one attached hydrogen (secondary N) is 1. The van der Waals surface area contributed by atoms with Gasteiger partial charge in [0.2, 0.25) is 5.91 Å². The second kappa shape index (κ2) is 8.60. The van der Waals surface area contributed by atoms with Crippen molar-refractivity contribution < 1.29 is 14.3 Å². The molecule has 2 aromatic carbocycles. The zero-order valence-corrected chi connectivity index (χ0v) is 16.0. The number of benzene rings is 2. The van der Waals surface area contributed by atoms with Gasteiger partial charge in [0.1, 0.15) is 5.01 Å². The number of aromatic nitrogens is 1. The number of rotatable bonds is 6. The summed E-state index contributed by atoms with van der Waals surface area (Å²) in [5.74, 6) is -0.469. The van der Waals surface area contributed by atoms with Crippen LogP contribution in [0.1, 0.15) is 27.2 Å². The topological polar surface area (TPSA) is 68.3 Å². The molecule has 1 N–H and O–H groups in total. The molecule has 1 heterocycles. The van der Waals surface area contributed by atoms with Crippen LogP contribution >= 0.6 is 11.3 Å². The SMILES string of the molecule is COC(=O)c1csc(-c2cccc(CNC(=O)Cc3ccc(C)cc3)c2)n1. The molecule has 5 nitrogen and oxygen atoms in total. The number of methoxy groups -OCH3 is 1. The minimum Gasteiger partial charge on any atom is -0.464 e. The Hall–Kier alpha value is -2.99. The van der Waals surface area contributed by atoms with E-state index in [0.717, 1.165) is 21.7 Å². The Balaban J connectivity index is 1.62. The predicted molar refractivity (Wildman–Crippen MR) is 106 cm³/mol. The van der Waals surface area contributed by atoms with Gasteiger partial charge in [-0.3, -0.25) is 4.79 Å². The van der Waals surface area contributed by atoms with E-state index >= 15 is 0 Å². The van der Waals surface area contributed by atoms with Crippen molar-refractivity contribution in [2.75, 3.05) is 7.11 Å². The van der Waals surface area contributed by atoms with Crippen molar-refractivity contribution in [3.8, 4) is 10.6 Å². The van der Waals surface area contributed by atoms with Crippen molar-refractivity contribution in [3.05, 3.63) is 76.3 Å². The van der Waals surface area contributed by atoms with E-state index in [2.05, 4.69) is 15.0 Å². The first-order chi connectivity index (χ1) is 13.0. The molecule has 0 saturated heterocycles. The zero-order chi connectivity index (χ0) is 19.2. The summed E-state index contributed by atoms with van der Waals surface area (Å²) in [4.78, 5) is 28.0. The Morgan fingerprint density at radius 1 is 1.11 bits per heavy atom. The Labute approximate surface area is 162 Å². The molecule has 1 aromatic heterocycles. The van der Waals surface area contributed by atoms with Crippen molar-refractivity contribution in [3.63, 3.8) is 0 Å². The number of carbonyl (C=O) groups excluding carboxylic acids is 2. The van der Waals surface area contributed by atoms with E-state index in [4.69, 9.17) is 0 Å². The van der Waals surface area contributed by atoms with Gasteiger partial charge in [-0.15, -0.1) is 11.3 Å². The van der Waals surface area contributed by atoms with E-state index < -0.39 is 5.97 Å². The fraction of sp³-hybridized carbons (Fsp3) is 0.190. The lowest BCUT2D eigenvalue weighted by Gasteiger charge is -2.07. The molecule has 3 aromatic rings. The first kappa shape index (κ1) is 18.8. The summed E-state index contributed by atoms with van der Waals surface area (Å²) in [5.41, 5.74) is 4.34. The second-order valence-corrected chi connectivity index (χ2v) is 7.03. The van der Waals surface area contributed by atoms with Gasteiger partial charge in [0.05, 0.1) is 13.5 Å². The van der Waals surface area contributed by atoms with Gasteiger partial charge in [-0.25, -0.2) is 9.78 Å². The molecule has 1 amide bonds. The number of carbonyl (C=O) groups is 2. The summed E-state index contributed by atoms with van der Waals surface area (Å²) in [6.07, 6.45) is 0.356. The molecule has 0 aliphatic carbocycles. The van der Waals surface area contributed by atoms with Crippen LogP contribution in [0.4, 0.5) is 0 Å². The van der Waals surface area contributed by atoms with Gasteiger partial charge in [-0.05, 0) is 24.1 Å². The summed E-state index contributed by atoms with van der Waals surface area (Å²) in [5, 5.41) is 5.36. The number of esters is 1. The van der Waals surface area contributed by atoms with Crippen LogP contribution in [0.25, 0.3) is 10.6 Å². The first-order valence-electron chi connectivity index (χ1n) is 8.50. The van der Waals surface area contributed by atoms with Crippen LogP contribution in [0, 0.1) is 6.92 Å². The lowest BCUT2D eigenvalue weighted by molar-refractivity contribution is -0.120. The number of hydrogen-bond donors (Lipinski definition) is 1. The van der Waals surface area contributed by atoms with Crippen LogP contribution in [-0.4, -0.2) is 24.0 Å². The number of ether oxygens (including phenoxy) is 1. The largest absolute Gasteiger partial charge is 0.464 e. The quantitative estimate of drug-likeness (QED) is 0.661. The number of hydrogen-bond acceptors (Lipinski definition) is 5. The number of aryl methyl sites for hydroxylation is 1. The number of nitrogens with zero attached hydrogens (tertiary/aromatic N) is 1. The molecule has 0 unspecified atom stereocenters. The molecule has 27 heavy (non-hydrogen) atoms. The maximum atomic E-state index is 12.2. The lowest BCUT2D eigenvalue weighted by Crippen LogP contribution is -2.24. The molecule has 3 rings (SSSR count). The highest BCUT2D eigenvalue weighted by molar-refractivity contribution is 7.13. The molecular formula is C21H20N2O3S. The van der Waals surface area contributed by atoms with Gasteiger partial charge in [0.25, 0.3) is 0 Å². The normalized spacial score (nSPS) is 10.4. The van der Waals surface area contributed by atoms with E-state index in [0.29, 0.717) is 18.7 Å². The molecule has 0 spiro atoms. The Morgan fingerprint density at radius 2 is 1.89 bits per heavy atom. The summed E-state index contributed by atoms with van der Waals surface area (Å²) in [6.45, 7) is 2.46. The summed E-state index contributed by atoms with van der Waals surface area (Å²) < 4.78 is 4.69. The summed E-state index contributed by atoms with van der Waals surface area (Å²) >= 11 is 1.38. The molecule has 0 aliphatic rings. The summed E-state index contributed by atoms with van der Waals surface area (Å²) in [7, 11) is 1.33. The van der Waals surface area contributed by atoms with E-state index in [-0.39, 0.29) is 5.91 Å². The molecule has 0 aliphatic heterocycles.